The third kappa shape index (κ3) is 4.91. The lowest BCUT2D eigenvalue weighted by Gasteiger charge is -2.32. The van der Waals surface area contributed by atoms with Crippen molar-refractivity contribution in [2.45, 2.75) is 38.8 Å². The number of aromatic nitrogens is 3. The first kappa shape index (κ1) is 21.0. The molecule has 8 heteroatoms. The van der Waals surface area contributed by atoms with Gasteiger partial charge in [-0.05, 0) is 55.6 Å². The van der Waals surface area contributed by atoms with Gasteiger partial charge in [-0.25, -0.2) is 4.98 Å². The SMILES string of the molecule is CCc1cc2ncc(CN3CCC[C@H](Oc4ccc(C(=O)NC)nc4)C3)cc2[nH]c1=O. The molecular formula is C23H27N5O3. The second-order valence-corrected chi connectivity index (χ2v) is 7.83. The molecule has 0 bridgehead atoms. The molecule has 8 nitrogen and oxygen atoms in total. The maximum Gasteiger partial charge on any atom is 0.269 e. The number of ether oxygens (including phenoxy) is 1. The molecular weight excluding hydrogens is 394 g/mol. The zero-order chi connectivity index (χ0) is 21.8. The quantitative estimate of drug-likeness (QED) is 0.633. The number of nitrogens with one attached hydrogen (secondary N) is 2. The van der Waals surface area contributed by atoms with Crippen LogP contribution in [0.3, 0.4) is 0 Å². The van der Waals surface area contributed by atoms with Crippen molar-refractivity contribution in [3.05, 3.63) is 63.8 Å². The van der Waals surface area contributed by atoms with Crippen LogP contribution in [0.15, 0.2) is 41.5 Å². The summed E-state index contributed by atoms with van der Waals surface area (Å²) in [7, 11) is 1.58. The Balaban J connectivity index is 1.40. The standard InChI is InChI=1S/C23H27N5O3/c1-3-16-10-20-21(27-22(16)29)9-15(11-25-20)13-28-8-4-5-18(14-28)31-17-6-7-19(26-12-17)23(30)24-2/h6-7,9-12,18H,3-5,8,13-14H2,1-2H3,(H,24,30)(H,27,29)/t18-/m0/s1. The highest BCUT2D eigenvalue weighted by molar-refractivity contribution is 5.91. The Morgan fingerprint density at radius 3 is 2.90 bits per heavy atom. The number of pyridine rings is 3. The van der Waals surface area contributed by atoms with Crippen LogP contribution in [-0.4, -0.2) is 52.0 Å². The molecule has 0 aliphatic carbocycles. The number of fused-ring (bicyclic) bond motifs is 1. The zero-order valence-corrected chi connectivity index (χ0v) is 17.9. The number of nitrogens with zero attached hydrogens (tertiary/aromatic N) is 3. The molecule has 0 radical (unpaired) electrons. The van der Waals surface area contributed by atoms with Crippen molar-refractivity contribution in [2.75, 3.05) is 20.1 Å². The number of hydrogen-bond donors (Lipinski definition) is 2. The fraction of sp³-hybridized carbons (Fsp3) is 0.391. The van der Waals surface area contributed by atoms with E-state index in [9.17, 15) is 9.59 Å². The smallest absolute Gasteiger partial charge is 0.269 e. The van der Waals surface area contributed by atoms with Gasteiger partial charge in [-0.15, -0.1) is 0 Å². The van der Waals surface area contributed by atoms with E-state index in [0.717, 1.165) is 54.6 Å². The second-order valence-electron chi connectivity index (χ2n) is 7.83. The molecule has 4 rings (SSSR count). The fourth-order valence-corrected chi connectivity index (χ4v) is 3.93. The van der Waals surface area contributed by atoms with Crippen LogP contribution in [0, 0.1) is 0 Å². The maximum atomic E-state index is 12.1. The Morgan fingerprint density at radius 1 is 1.29 bits per heavy atom. The first-order chi connectivity index (χ1) is 15.1. The van der Waals surface area contributed by atoms with Crippen molar-refractivity contribution in [2.24, 2.45) is 0 Å². The minimum absolute atomic E-state index is 0.0450. The Bertz CT molecular complexity index is 1130. The largest absolute Gasteiger partial charge is 0.487 e. The summed E-state index contributed by atoms with van der Waals surface area (Å²) in [5, 5.41) is 2.56. The summed E-state index contributed by atoms with van der Waals surface area (Å²) in [5.74, 6) is 0.447. The third-order valence-electron chi connectivity index (χ3n) is 5.57. The van der Waals surface area contributed by atoms with Gasteiger partial charge >= 0.3 is 0 Å². The van der Waals surface area contributed by atoms with E-state index in [1.165, 1.54) is 0 Å². The number of hydrogen-bond acceptors (Lipinski definition) is 6. The van der Waals surface area contributed by atoms with Crippen molar-refractivity contribution in [1.29, 1.82) is 0 Å². The molecule has 0 saturated carbocycles. The van der Waals surface area contributed by atoms with Gasteiger partial charge in [0.05, 0.1) is 17.2 Å². The maximum absolute atomic E-state index is 12.1. The molecule has 1 aliphatic heterocycles. The van der Waals surface area contributed by atoms with Crippen LogP contribution in [0.2, 0.25) is 0 Å². The van der Waals surface area contributed by atoms with E-state index in [4.69, 9.17) is 4.74 Å². The monoisotopic (exact) mass is 421 g/mol. The second kappa shape index (κ2) is 9.26. The van der Waals surface area contributed by atoms with Crippen LogP contribution in [-0.2, 0) is 13.0 Å². The Hall–Kier alpha value is -3.26. The highest BCUT2D eigenvalue weighted by Gasteiger charge is 2.22. The van der Waals surface area contributed by atoms with Crippen molar-refractivity contribution in [3.8, 4) is 5.75 Å². The molecule has 1 fully saturated rings. The van der Waals surface area contributed by atoms with Crippen LogP contribution in [0.4, 0.5) is 0 Å². The summed E-state index contributed by atoms with van der Waals surface area (Å²) in [6.45, 7) is 4.48. The number of H-pyrrole nitrogens is 1. The van der Waals surface area contributed by atoms with Gasteiger partial charge in [0.2, 0.25) is 0 Å². The van der Waals surface area contributed by atoms with Crippen molar-refractivity contribution < 1.29 is 9.53 Å². The van der Waals surface area contributed by atoms with Crippen LogP contribution in [0.5, 0.6) is 5.75 Å². The first-order valence-electron chi connectivity index (χ1n) is 10.6. The average Bonchev–Trinajstić information content (AvgIpc) is 2.79. The number of aromatic amines is 1. The number of rotatable bonds is 6. The Morgan fingerprint density at radius 2 is 2.16 bits per heavy atom. The van der Waals surface area contributed by atoms with Gasteiger partial charge in [0.15, 0.2) is 0 Å². The van der Waals surface area contributed by atoms with Crippen molar-refractivity contribution in [1.82, 2.24) is 25.2 Å². The molecule has 162 valence electrons. The van der Waals surface area contributed by atoms with E-state index >= 15 is 0 Å². The lowest BCUT2D eigenvalue weighted by Crippen LogP contribution is -2.40. The van der Waals surface area contributed by atoms with Crippen LogP contribution >= 0.6 is 0 Å². The molecule has 3 aromatic heterocycles. The highest BCUT2D eigenvalue weighted by Crippen LogP contribution is 2.20. The van der Waals surface area contributed by atoms with Gasteiger partial charge in [-0.1, -0.05) is 6.92 Å². The Labute approximate surface area is 180 Å². The molecule has 1 saturated heterocycles. The summed E-state index contributed by atoms with van der Waals surface area (Å²) in [6.07, 6.45) is 6.22. The van der Waals surface area contributed by atoms with Crippen LogP contribution in [0.25, 0.3) is 11.0 Å². The predicted octanol–water partition coefficient (Wildman–Crippen LogP) is 2.28. The van der Waals surface area contributed by atoms with E-state index in [1.807, 2.05) is 25.3 Å². The topological polar surface area (TPSA) is 100 Å². The predicted molar refractivity (Wildman–Crippen MR) is 118 cm³/mol. The van der Waals surface area contributed by atoms with Gasteiger partial charge in [-0.2, -0.15) is 0 Å². The number of likely N-dealkylation sites (tertiary alicyclic amines) is 1. The van der Waals surface area contributed by atoms with E-state index in [-0.39, 0.29) is 17.6 Å². The molecule has 3 aromatic rings. The molecule has 31 heavy (non-hydrogen) atoms. The van der Waals surface area contributed by atoms with E-state index in [2.05, 4.69) is 25.2 Å². The van der Waals surface area contributed by atoms with Gasteiger partial charge in [0, 0.05) is 31.9 Å². The molecule has 2 N–H and O–H groups in total. The molecule has 1 aliphatic rings. The lowest BCUT2D eigenvalue weighted by molar-refractivity contribution is 0.0839. The van der Waals surface area contributed by atoms with Gasteiger partial charge in [0.25, 0.3) is 11.5 Å². The first-order valence-corrected chi connectivity index (χ1v) is 10.6. The third-order valence-corrected chi connectivity index (χ3v) is 5.57. The zero-order valence-electron chi connectivity index (χ0n) is 17.9. The van der Waals surface area contributed by atoms with Gasteiger partial charge in [0.1, 0.15) is 17.5 Å². The van der Waals surface area contributed by atoms with Crippen molar-refractivity contribution in [3.63, 3.8) is 0 Å². The number of piperidine rings is 1. The average molecular weight is 422 g/mol. The van der Waals surface area contributed by atoms with Crippen molar-refractivity contribution >= 4 is 16.9 Å². The Kier molecular flexibility index (Phi) is 6.27. The summed E-state index contributed by atoms with van der Waals surface area (Å²) in [4.78, 5) is 37.7. The molecule has 0 aromatic carbocycles. The lowest BCUT2D eigenvalue weighted by atomic mass is 10.1. The molecule has 0 unspecified atom stereocenters. The van der Waals surface area contributed by atoms with E-state index in [0.29, 0.717) is 17.9 Å². The van der Waals surface area contributed by atoms with Crippen LogP contribution in [0.1, 0.15) is 41.4 Å². The van der Waals surface area contributed by atoms with Crippen LogP contribution < -0.4 is 15.6 Å². The van der Waals surface area contributed by atoms with Gasteiger partial charge in [-0.3, -0.25) is 19.5 Å². The summed E-state index contributed by atoms with van der Waals surface area (Å²) >= 11 is 0. The fourth-order valence-electron chi connectivity index (χ4n) is 3.93. The van der Waals surface area contributed by atoms with E-state index in [1.54, 1.807) is 25.4 Å². The number of carbonyl (C=O) groups is 1. The van der Waals surface area contributed by atoms with Gasteiger partial charge < -0.3 is 15.0 Å². The molecule has 0 spiro atoms. The number of carbonyl (C=O) groups excluding carboxylic acids is 1. The summed E-state index contributed by atoms with van der Waals surface area (Å²) < 4.78 is 6.10. The van der Waals surface area contributed by atoms with E-state index < -0.39 is 0 Å². The molecule has 4 heterocycles. The summed E-state index contributed by atoms with van der Waals surface area (Å²) in [5.41, 5.74) is 3.72. The summed E-state index contributed by atoms with van der Waals surface area (Å²) in [6, 6.07) is 7.33. The minimum atomic E-state index is -0.216. The highest BCUT2D eigenvalue weighted by atomic mass is 16.5. The molecule has 1 atom stereocenters. The number of aryl methyl sites for hydroxylation is 1. The number of amides is 1. The molecule has 1 amide bonds. The minimum Gasteiger partial charge on any atom is -0.487 e. The normalized spacial score (nSPS) is 16.9.